The molecular weight excluding hydrogens is 405 g/mol. The first kappa shape index (κ1) is 19.9. The Bertz CT molecular complexity index is 1430. The number of fused-ring (bicyclic) bond motifs is 2. The number of carbonyl (C=O) groups excluding carboxylic acids is 1. The van der Waals surface area contributed by atoms with E-state index in [-0.39, 0.29) is 11.7 Å². The largest absolute Gasteiger partial charge is 0.361 e. The van der Waals surface area contributed by atoms with Gasteiger partial charge in [-0.2, -0.15) is 5.10 Å². The van der Waals surface area contributed by atoms with Gasteiger partial charge in [0.25, 0.3) is 5.91 Å². The summed E-state index contributed by atoms with van der Waals surface area (Å²) in [6.45, 7) is 2.60. The normalized spacial score (nSPS) is 11.3. The molecule has 2 aromatic carbocycles. The summed E-state index contributed by atoms with van der Waals surface area (Å²) >= 11 is 0. The summed E-state index contributed by atoms with van der Waals surface area (Å²) in [4.78, 5) is 23.1. The van der Waals surface area contributed by atoms with Crippen molar-refractivity contribution in [3.63, 3.8) is 0 Å². The SMILES string of the molecule is Cc1cc(CN(Cc2c[nH]c3ccc(F)cc23)C(=O)c2cccc3cccnc23)nn1C. The van der Waals surface area contributed by atoms with E-state index >= 15 is 0 Å². The molecule has 0 unspecified atom stereocenters. The molecule has 1 amide bonds. The monoisotopic (exact) mass is 427 g/mol. The highest BCUT2D eigenvalue weighted by atomic mass is 19.1. The van der Waals surface area contributed by atoms with Gasteiger partial charge in [-0.05, 0) is 48.9 Å². The molecule has 6 nitrogen and oxygen atoms in total. The zero-order valence-electron chi connectivity index (χ0n) is 17.8. The molecule has 0 bridgehead atoms. The van der Waals surface area contributed by atoms with Crippen molar-refractivity contribution in [3.05, 3.63) is 95.3 Å². The van der Waals surface area contributed by atoms with Crippen LogP contribution in [0.15, 0.2) is 67.0 Å². The molecule has 0 aliphatic carbocycles. The number of halogens is 1. The van der Waals surface area contributed by atoms with Crippen molar-refractivity contribution in [3.8, 4) is 0 Å². The predicted octanol–water partition coefficient (Wildman–Crippen LogP) is 4.74. The van der Waals surface area contributed by atoms with Crippen LogP contribution in [0.5, 0.6) is 0 Å². The molecule has 1 N–H and O–H groups in total. The molecule has 32 heavy (non-hydrogen) atoms. The van der Waals surface area contributed by atoms with Crippen LogP contribution in [0.25, 0.3) is 21.8 Å². The van der Waals surface area contributed by atoms with Crippen LogP contribution in [0, 0.1) is 12.7 Å². The first-order valence-electron chi connectivity index (χ1n) is 10.4. The van der Waals surface area contributed by atoms with Crippen molar-refractivity contribution in [2.24, 2.45) is 7.05 Å². The number of H-pyrrole nitrogens is 1. The van der Waals surface area contributed by atoms with E-state index in [1.54, 1.807) is 27.9 Å². The highest BCUT2D eigenvalue weighted by molar-refractivity contribution is 6.05. The number of hydrogen-bond donors (Lipinski definition) is 1. The minimum atomic E-state index is -0.310. The molecule has 0 fully saturated rings. The maximum absolute atomic E-state index is 13.9. The summed E-state index contributed by atoms with van der Waals surface area (Å²) in [6.07, 6.45) is 3.52. The molecule has 5 aromatic rings. The van der Waals surface area contributed by atoms with Crippen LogP contribution in [0.2, 0.25) is 0 Å². The number of rotatable bonds is 5. The lowest BCUT2D eigenvalue weighted by Crippen LogP contribution is -2.30. The number of aromatic nitrogens is 4. The average molecular weight is 427 g/mol. The van der Waals surface area contributed by atoms with E-state index in [1.165, 1.54) is 12.1 Å². The fraction of sp³-hybridized carbons (Fsp3) is 0.160. The van der Waals surface area contributed by atoms with Gasteiger partial charge in [0.05, 0.1) is 23.3 Å². The lowest BCUT2D eigenvalue weighted by molar-refractivity contribution is 0.0730. The van der Waals surface area contributed by atoms with Crippen molar-refractivity contribution in [1.82, 2.24) is 24.6 Å². The fourth-order valence-corrected chi connectivity index (χ4v) is 4.04. The standard InChI is InChI=1S/C25H22FN5O/c1-16-11-20(29-30(16)2)15-31(14-18-13-28-23-9-8-19(26)12-22(18)23)25(32)21-7-3-5-17-6-4-10-27-24(17)21/h3-13,28H,14-15H2,1-2H3. The summed E-state index contributed by atoms with van der Waals surface area (Å²) in [7, 11) is 1.88. The molecule has 0 saturated heterocycles. The lowest BCUT2D eigenvalue weighted by atomic mass is 10.1. The van der Waals surface area contributed by atoms with E-state index in [4.69, 9.17) is 0 Å². The van der Waals surface area contributed by atoms with E-state index in [9.17, 15) is 9.18 Å². The smallest absolute Gasteiger partial charge is 0.256 e. The molecule has 0 radical (unpaired) electrons. The minimum Gasteiger partial charge on any atom is -0.361 e. The molecule has 0 aliphatic rings. The third kappa shape index (κ3) is 3.62. The van der Waals surface area contributed by atoms with Crippen molar-refractivity contribution < 1.29 is 9.18 Å². The first-order valence-corrected chi connectivity index (χ1v) is 10.4. The number of amides is 1. The molecule has 0 spiro atoms. The zero-order valence-corrected chi connectivity index (χ0v) is 17.8. The Morgan fingerprint density at radius 1 is 1.12 bits per heavy atom. The van der Waals surface area contributed by atoms with E-state index < -0.39 is 0 Å². The van der Waals surface area contributed by atoms with Crippen molar-refractivity contribution in [2.75, 3.05) is 0 Å². The van der Waals surface area contributed by atoms with Gasteiger partial charge in [0.2, 0.25) is 0 Å². The van der Waals surface area contributed by atoms with Gasteiger partial charge in [-0.15, -0.1) is 0 Å². The van der Waals surface area contributed by atoms with Crippen LogP contribution in [-0.4, -0.2) is 30.6 Å². The number of hydrogen-bond acceptors (Lipinski definition) is 3. The maximum atomic E-state index is 13.9. The number of aryl methyl sites for hydroxylation is 2. The number of benzene rings is 2. The van der Waals surface area contributed by atoms with Crippen LogP contribution in [0.1, 0.15) is 27.3 Å². The summed E-state index contributed by atoms with van der Waals surface area (Å²) in [5.74, 6) is -0.460. The van der Waals surface area contributed by atoms with Gasteiger partial charge in [-0.3, -0.25) is 14.5 Å². The fourth-order valence-electron chi connectivity index (χ4n) is 4.04. The van der Waals surface area contributed by atoms with Crippen molar-refractivity contribution in [1.29, 1.82) is 0 Å². The van der Waals surface area contributed by atoms with Gasteiger partial charge in [0.1, 0.15) is 5.82 Å². The Morgan fingerprint density at radius 2 is 1.97 bits per heavy atom. The molecule has 3 aromatic heterocycles. The van der Waals surface area contributed by atoms with Gasteiger partial charge in [-0.25, -0.2) is 4.39 Å². The highest BCUT2D eigenvalue weighted by Crippen LogP contribution is 2.24. The minimum absolute atomic E-state index is 0.150. The van der Waals surface area contributed by atoms with Gasteiger partial charge in [0, 0.05) is 48.0 Å². The summed E-state index contributed by atoms with van der Waals surface area (Å²) in [5, 5.41) is 6.20. The van der Waals surface area contributed by atoms with E-state index in [0.29, 0.717) is 24.2 Å². The quantitative estimate of drug-likeness (QED) is 0.441. The van der Waals surface area contributed by atoms with Gasteiger partial charge >= 0.3 is 0 Å². The topological polar surface area (TPSA) is 66.8 Å². The second-order valence-electron chi connectivity index (χ2n) is 7.95. The Labute approximate surface area is 184 Å². The van der Waals surface area contributed by atoms with Gasteiger partial charge in [-0.1, -0.05) is 18.2 Å². The summed E-state index contributed by atoms with van der Waals surface area (Å²) < 4.78 is 15.7. The van der Waals surface area contributed by atoms with E-state index in [2.05, 4.69) is 15.1 Å². The maximum Gasteiger partial charge on any atom is 0.256 e. The Hall–Kier alpha value is -4.00. The van der Waals surface area contributed by atoms with Crippen LogP contribution in [0.3, 0.4) is 0 Å². The predicted molar refractivity (Wildman–Crippen MR) is 122 cm³/mol. The van der Waals surface area contributed by atoms with Gasteiger partial charge < -0.3 is 9.88 Å². The zero-order chi connectivity index (χ0) is 22.2. The van der Waals surface area contributed by atoms with Crippen LogP contribution < -0.4 is 0 Å². The molecular formula is C25H22FN5O. The number of nitrogens with zero attached hydrogens (tertiary/aromatic N) is 4. The summed E-state index contributed by atoms with van der Waals surface area (Å²) in [5.41, 5.74) is 4.66. The lowest BCUT2D eigenvalue weighted by Gasteiger charge is -2.22. The molecule has 7 heteroatoms. The first-order chi connectivity index (χ1) is 15.5. The molecule has 5 rings (SSSR count). The third-order valence-electron chi connectivity index (χ3n) is 5.76. The molecule has 3 heterocycles. The molecule has 160 valence electrons. The van der Waals surface area contributed by atoms with Crippen LogP contribution in [0.4, 0.5) is 4.39 Å². The number of aromatic amines is 1. The molecule has 0 aliphatic heterocycles. The number of pyridine rings is 1. The van der Waals surface area contributed by atoms with E-state index in [1.807, 2.05) is 50.5 Å². The van der Waals surface area contributed by atoms with Gasteiger partial charge in [0.15, 0.2) is 0 Å². The summed E-state index contributed by atoms with van der Waals surface area (Å²) in [6, 6.07) is 16.0. The number of nitrogens with one attached hydrogen (secondary N) is 1. The second-order valence-corrected chi connectivity index (χ2v) is 7.95. The Balaban J connectivity index is 1.57. The highest BCUT2D eigenvalue weighted by Gasteiger charge is 2.22. The number of para-hydroxylation sites is 1. The Kier molecular flexibility index (Phi) is 4.93. The second kappa shape index (κ2) is 7.92. The number of carbonyl (C=O) groups is 1. The molecule has 0 saturated carbocycles. The van der Waals surface area contributed by atoms with Crippen molar-refractivity contribution >= 4 is 27.7 Å². The van der Waals surface area contributed by atoms with E-state index in [0.717, 1.165) is 33.2 Å². The van der Waals surface area contributed by atoms with Crippen LogP contribution >= 0.6 is 0 Å². The van der Waals surface area contributed by atoms with Crippen molar-refractivity contribution in [2.45, 2.75) is 20.0 Å². The third-order valence-corrected chi connectivity index (χ3v) is 5.76. The van der Waals surface area contributed by atoms with Crippen LogP contribution in [-0.2, 0) is 20.1 Å². The average Bonchev–Trinajstić information content (AvgIpc) is 3.34. The molecule has 0 atom stereocenters. The Morgan fingerprint density at radius 3 is 2.78 bits per heavy atom.